The van der Waals surface area contributed by atoms with E-state index in [-0.39, 0.29) is 17.2 Å². The third-order valence-corrected chi connectivity index (χ3v) is 6.76. The van der Waals surface area contributed by atoms with Crippen molar-refractivity contribution in [2.45, 2.75) is 42.6 Å². The quantitative estimate of drug-likeness (QED) is 0.841. The molecule has 0 spiro atoms. The third kappa shape index (κ3) is 3.41. The van der Waals surface area contributed by atoms with Crippen molar-refractivity contribution < 1.29 is 23.4 Å². The average molecular weight is 339 g/mol. The van der Waals surface area contributed by atoms with Crippen LogP contribution in [0.25, 0.3) is 0 Å². The first kappa shape index (κ1) is 16.4. The fourth-order valence-corrected chi connectivity index (χ4v) is 4.85. The number of hydrogen-bond donors (Lipinski definition) is 2. The first-order chi connectivity index (χ1) is 10.8. The van der Waals surface area contributed by atoms with Gasteiger partial charge in [0, 0.05) is 13.1 Å². The lowest BCUT2D eigenvalue weighted by atomic mass is 9.90. The molecule has 1 saturated carbocycles. The molecule has 1 aliphatic heterocycles. The molecular formula is C16H21NO5S. The molecule has 23 heavy (non-hydrogen) atoms. The summed E-state index contributed by atoms with van der Waals surface area (Å²) in [6.45, 7) is 0.803. The van der Waals surface area contributed by atoms with Crippen LogP contribution in [0.5, 0.6) is 0 Å². The van der Waals surface area contributed by atoms with Crippen molar-refractivity contribution in [2.24, 2.45) is 5.92 Å². The van der Waals surface area contributed by atoms with Crippen molar-refractivity contribution >= 4 is 16.0 Å². The van der Waals surface area contributed by atoms with Gasteiger partial charge in [0.05, 0.1) is 16.9 Å². The molecule has 2 N–H and O–H groups in total. The van der Waals surface area contributed by atoms with Crippen molar-refractivity contribution in [1.82, 2.24) is 4.31 Å². The number of hydrogen-bond acceptors (Lipinski definition) is 4. The van der Waals surface area contributed by atoms with Gasteiger partial charge in [0.2, 0.25) is 10.0 Å². The van der Waals surface area contributed by atoms with E-state index in [1.54, 1.807) is 12.1 Å². The Morgan fingerprint density at radius 1 is 1.26 bits per heavy atom. The van der Waals surface area contributed by atoms with Crippen LogP contribution in [0, 0.1) is 5.92 Å². The summed E-state index contributed by atoms with van der Waals surface area (Å²) < 4.78 is 26.9. The number of sulfonamides is 1. The third-order valence-electron chi connectivity index (χ3n) is 4.87. The SMILES string of the molecule is O=C(O)Cc1cccc(S(=O)(=O)N2CCC(C3(O)CC3)CC2)c1. The number of benzene rings is 1. The van der Waals surface area contributed by atoms with Crippen molar-refractivity contribution in [1.29, 1.82) is 0 Å². The topological polar surface area (TPSA) is 94.9 Å². The maximum Gasteiger partial charge on any atom is 0.307 e. The van der Waals surface area contributed by atoms with Crippen LogP contribution in [0.15, 0.2) is 29.2 Å². The van der Waals surface area contributed by atoms with E-state index < -0.39 is 21.6 Å². The van der Waals surface area contributed by atoms with Crippen LogP contribution < -0.4 is 0 Å². The standard InChI is InChI=1S/C16H21NO5S/c18-15(19)11-12-2-1-3-14(10-12)23(21,22)17-8-4-13(5-9-17)16(20)6-7-16/h1-3,10,13,20H,4-9,11H2,(H,18,19). The van der Waals surface area contributed by atoms with Crippen LogP contribution in [-0.2, 0) is 21.2 Å². The predicted octanol–water partition coefficient (Wildman–Crippen LogP) is 1.24. The molecule has 0 amide bonds. The van der Waals surface area contributed by atoms with Gasteiger partial charge < -0.3 is 10.2 Å². The number of aliphatic carboxylic acids is 1. The van der Waals surface area contributed by atoms with Crippen LogP contribution in [-0.4, -0.2) is 47.6 Å². The van der Waals surface area contributed by atoms with E-state index in [1.165, 1.54) is 16.4 Å². The van der Waals surface area contributed by atoms with Crippen LogP contribution >= 0.6 is 0 Å². The van der Waals surface area contributed by atoms with Crippen LogP contribution in [0.2, 0.25) is 0 Å². The van der Waals surface area contributed by atoms with E-state index in [1.807, 2.05) is 0 Å². The number of aliphatic hydroxyl groups is 1. The average Bonchev–Trinajstić information content (AvgIpc) is 3.26. The molecule has 0 atom stereocenters. The molecule has 0 unspecified atom stereocenters. The van der Waals surface area contributed by atoms with E-state index in [9.17, 15) is 18.3 Å². The van der Waals surface area contributed by atoms with E-state index in [0.29, 0.717) is 31.5 Å². The Labute approximate surface area is 135 Å². The van der Waals surface area contributed by atoms with Gasteiger partial charge in [-0.25, -0.2) is 8.42 Å². The van der Waals surface area contributed by atoms with Crippen LogP contribution in [0.4, 0.5) is 0 Å². The zero-order valence-electron chi connectivity index (χ0n) is 12.8. The van der Waals surface area contributed by atoms with Crippen molar-refractivity contribution in [2.75, 3.05) is 13.1 Å². The van der Waals surface area contributed by atoms with Gasteiger partial charge in [-0.1, -0.05) is 12.1 Å². The highest BCUT2D eigenvalue weighted by Crippen LogP contribution is 2.46. The molecule has 126 valence electrons. The molecule has 1 saturated heterocycles. The molecular weight excluding hydrogens is 318 g/mol. The molecule has 3 rings (SSSR count). The molecule has 0 radical (unpaired) electrons. The molecule has 0 bridgehead atoms. The number of rotatable bonds is 5. The second-order valence-corrected chi connectivity index (χ2v) is 8.44. The van der Waals surface area contributed by atoms with Crippen molar-refractivity contribution in [3.8, 4) is 0 Å². The number of carboxylic acid groups (broad SMARTS) is 1. The Morgan fingerprint density at radius 2 is 1.91 bits per heavy atom. The Kier molecular flexibility index (Phi) is 4.20. The molecule has 1 aromatic rings. The summed E-state index contributed by atoms with van der Waals surface area (Å²) in [7, 11) is -3.61. The van der Waals surface area contributed by atoms with E-state index in [4.69, 9.17) is 5.11 Å². The number of piperidine rings is 1. The Bertz CT molecular complexity index is 703. The number of nitrogens with zero attached hydrogens (tertiary/aromatic N) is 1. The van der Waals surface area contributed by atoms with Crippen LogP contribution in [0.1, 0.15) is 31.2 Å². The maximum atomic E-state index is 12.7. The molecule has 1 aliphatic carbocycles. The van der Waals surface area contributed by atoms with Gasteiger partial charge in [-0.3, -0.25) is 4.79 Å². The predicted molar refractivity (Wildman–Crippen MR) is 83.4 cm³/mol. The second-order valence-electron chi connectivity index (χ2n) is 6.50. The van der Waals surface area contributed by atoms with Crippen molar-refractivity contribution in [3.63, 3.8) is 0 Å². The van der Waals surface area contributed by atoms with Gasteiger partial charge in [-0.05, 0) is 49.3 Å². The van der Waals surface area contributed by atoms with E-state index in [0.717, 1.165) is 12.8 Å². The minimum atomic E-state index is -3.61. The van der Waals surface area contributed by atoms with E-state index in [2.05, 4.69) is 0 Å². The zero-order chi connectivity index (χ0) is 16.7. The lowest BCUT2D eigenvalue weighted by Crippen LogP contribution is -2.41. The highest BCUT2D eigenvalue weighted by atomic mass is 32.2. The lowest BCUT2D eigenvalue weighted by Gasteiger charge is -2.33. The number of carboxylic acids is 1. The fraction of sp³-hybridized carbons (Fsp3) is 0.562. The lowest BCUT2D eigenvalue weighted by molar-refractivity contribution is -0.136. The van der Waals surface area contributed by atoms with Gasteiger partial charge in [0.15, 0.2) is 0 Å². The second kappa shape index (κ2) is 5.89. The van der Waals surface area contributed by atoms with Gasteiger partial charge >= 0.3 is 5.97 Å². The molecule has 2 fully saturated rings. The summed E-state index contributed by atoms with van der Waals surface area (Å²) in [5.74, 6) is -0.801. The normalized spacial score (nSPS) is 22.0. The van der Waals surface area contributed by atoms with Gasteiger partial charge in [-0.15, -0.1) is 0 Å². The summed E-state index contributed by atoms with van der Waals surface area (Å²) in [6.07, 6.45) is 2.79. The summed E-state index contributed by atoms with van der Waals surface area (Å²) in [5, 5.41) is 19.0. The smallest absolute Gasteiger partial charge is 0.307 e. The molecule has 1 aromatic carbocycles. The van der Waals surface area contributed by atoms with E-state index >= 15 is 0 Å². The number of carbonyl (C=O) groups is 1. The molecule has 1 heterocycles. The van der Waals surface area contributed by atoms with Gasteiger partial charge in [-0.2, -0.15) is 4.31 Å². The monoisotopic (exact) mass is 339 g/mol. The highest BCUT2D eigenvalue weighted by molar-refractivity contribution is 7.89. The van der Waals surface area contributed by atoms with Gasteiger partial charge in [0.25, 0.3) is 0 Å². The minimum Gasteiger partial charge on any atom is -0.481 e. The Balaban J connectivity index is 1.73. The largest absolute Gasteiger partial charge is 0.481 e. The molecule has 7 heteroatoms. The Morgan fingerprint density at radius 3 is 2.48 bits per heavy atom. The highest BCUT2D eigenvalue weighted by Gasteiger charge is 2.48. The maximum absolute atomic E-state index is 12.7. The summed E-state index contributed by atoms with van der Waals surface area (Å²) in [5.41, 5.74) is -0.0854. The zero-order valence-corrected chi connectivity index (χ0v) is 13.6. The fourth-order valence-electron chi connectivity index (χ4n) is 3.31. The van der Waals surface area contributed by atoms with Gasteiger partial charge in [0.1, 0.15) is 0 Å². The summed E-state index contributed by atoms with van der Waals surface area (Å²) in [6, 6.07) is 6.12. The molecule has 0 aromatic heterocycles. The Hall–Kier alpha value is -1.44. The minimum absolute atomic E-state index is 0.139. The first-order valence-corrected chi connectivity index (χ1v) is 9.28. The molecule has 2 aliphatic rings. The summed E-state index contributed by atoms with van der Waals surface area (Å²) in [4.78, 5) is 10.9. The first-order valence-electron chi connectivity index (χ1n) is 7.84. The molecule has 6 nitrogen and oxygen atoms in total. The van der Waals surface area contributed by atoms with Crippen molar-refractivity contribution in [3.05, 3.63) is 29.8 Å². The van der Waals surface area contributed by atoms with Crippen LogP contribution in [0.3, 0.4) is 0 Å². The summed E-state index contributed by atoms with van der Waals surface area (Å²) >= 11 is 0.